The zero-order chi connectivity index (χ0) is 9.52. The van der Waals surface area contributed by atoms with Crippen LogP contribution in [-0.4, -0.2) is 31.1 Å². The molecule has 0 saturated carbocycles. The molecule has 0 aromatic carbocycles. The minimum atomic E-state index is 1.08. The van der Waals surface area contributed by atoms with Gasteiger partial charge >= 0.3 is 0 Å². The number of piperazine rings is 1. The largest absolute Gasteiger partial charge is 0.372 e. The van der Waals surface area contributed by atoms with Crippen LogP contribution in [0.4, 0.5) is 0 Å². The second-order valence-corrected chi connectivity index (χ2v) is 3.29. The predicted molar refractivity (Wildman–Crippen MR) is 57.6 cm³/mol. The summed E-state index contributed by atoms with van der Waals surface area (Å²) in [5.74, 6) is 0. The predicted octanol–water partition coefficient (Wildman–Crippen LogP) is 1.76. The van der Waals surface area contributed by atoms with Gasteiger partial charge in [0.15, 0.2) is 0 Å². The number of rotatable bonds is 3. The normalized spacial score (nSPS) is 19.8. The SMILES string of the molecule is CC=CC/C(=C\C)N1CCNCC1. The first-order valence-corrected chi connectivity index (χ1v) is 5.10. The molecule has 0 radical (unpaired) electrons. The van der Waals surface area contributed by atoms with E-state index < -0.39 is 0 Å². The van der Waals surface area contributed by atoms with Gasteiger partial charge in [0.25, 0.3) is 0 Å². The van der Waals surface area contributed by atoms with Gasteiger partial charge in [-0.05, 0) is 13.8 Å². The van der Waals surface area contributed by atoms with Crippen LogP contribution in [0.3, 0.4) is 0 Å². The lowest BCUT2D eigenvalue weighted by Crippen LogP contribution is -2.42. The average Bonchev–Trinajstić information content (AvgIpc) is 2.21. The quantitative estimate of drug-likeness (QED) is 0.666. The molecule has 2 heteroatoms. The van der Waals surface area contributed by atoms with E-state index in [9.17, 15) is 0 Å². The van der Waals surface area contributed by atoms with E-state index in [1.165, 1.54) is 5.70 Å². The van der Waals surface area contributed by atoms with Crippen LogP contribution in [0, 0.1) is 0 Å². The minimum Gasteiger partial charge on any atom is -0.372 e. The summed E-state index contributed by atoms with van der Waals surface area (Å²) in [5, 5.41) is 3.36. The van der Waals surface area contributed by atoms with E-state index in [-0.39, 0.29) is 0 Å². The van der Waals surface area contributed by atoms with Gasteiger partial charge in [0.2, 0.25) is 0 Å². The molecule has 1 N–H and O–H groups in total. The van der Waals surface area contributed by atoms with E-state index in [0.717, 1.165) is 32.6 Å². The first-order chi connectivity index (χ1) is 6.38. The van der Waals surface area contributed by atoms with Gasteiger partial charge in [-0.1, -0.05) is 18.2 Å². The van der Waals surface area contributed by atoms with Gasteiger partial charge in [0.1, 0.15) is 0 Å². The van der Waals surface area contributed by atoms with Crippen LogP contribution < -0.4 is 5.32 Å². The number of nitrogens with zero attached hydrogens (tertiary/aromatic N) is 1. The van der Waals surface area contributed by atoms with E-state index in [4.69, 9.17) is 0 Å². The van der Waals surface area contributed by atoms with Gasteiger partial charge in [0.05, 0.1) is 0 Å². The van der Waals surface area contributed by atoms with Crippen LogP contribution in [0.25, 0.3) is 0 Å². The fraction of sp³-hybridized carbons (Fsp3) is 0.636. The molecule has 0 bridgehead atoms. The maximum absolute atomic E-state index is 3.36. The highest BCUT2D eigenvalue weighted by Gasteiger charge is 2.10. The van der Waals surface area contributed by atoms with E-state index in [2.05, 4.69) is 42.3 Å². The average molecular weight is 180 g/mol. The van der Waals surface area contributed by atoms with Crippen molar-refractivity contribution >= 4 is 0 Å². The molecule has 1 rings (SSSR count). The van der Waals surface area contributed by atoms with Crippen LogP contribution >= 0.6 is 0 Å². The molecule has 0 aromatic rings. The van der Waals surface area contributed by atoms with Gasteiger partial charge < -0.3 is 10.2 Å². The Kier molecular flexibility index (Phi) is 4.61. The highest BCUT2D eigenvalue weighted by molar-refractivity contribution is 5.06. The third kappa shape index (κ3) is 3.23. The first kappa shape index (κ1) is 10.3. The van der Waals surface area contributed by atoms with E-state index in [1.807, 2.05) is 0 Å². The molecule has 0 spiro atoms. The summed E-state index contributed by atoms with van der Waals surface area (Å²) in [6, 6.07) is 0. The van der Waals surface area contributed by atoms with Crippen molar-refractivity contribution in [3.63, 3.8) is 0 Å². The molecule has 0 amide bonds. The fourth-order valence-electron chi connectivity index (χ4n) is 1.62. The van der Waals surface area contributed by atoms with Crippen molar-refractivity contribution in [1.82, 2.24) is 10.2 Å². The molecule has 0 aromatic heterocycles. The second-order valence-electron chi connectivity index (χ2n) is 3.29. The highest BCUT2D eigenvalue weighted by atomic mass is 15.2. The molecule has 1 fully saturated rings. The molecule has 1 saturated heterocycles. The van der Waals surface area contributed by atoms with Crippen LogP contribution in [0.5, 0.6) is 0 Å². The Hall–Kier alpha value is -0.760. The molecule has 1 aliphatic rings. The molecular weight excluding hydrogens is 160 g/mol. The third-order valence-electron chi connectivity index (χ3n) is 2.42. The lowest BCUT2D eigenvalue weighted by atomic mass is 10.2. The molecular formula is C11H20N2. The molecule has 2 nitrogen and oxygen atoms in total. The Morgan fingerprint density at radius 3 is 2.54 bits per heavy atom. The Morgan fingerprint density at radius 2 is 2.00 bits per heavy atom. The molecule has 1 heterocycles. The summed E-state index contributed by atoms with van der Waals surface area (Å²) in [6.07, 6.45) is 7.64. The van der Waals surface area contributed by atoms with Crippen molar-refractivity contribution in [2.24, 2.45) is 0 Å². The Morgan fingerprint density at radius 1 is 1.31 bits per heavy atom. The number of hydrogen-bond acceptors (Lipinski definition) is 2. The van der Waals surface area contributed by atoms with Crippen molar-refractivity contribution < 1.29 is 0 Å². The summed E-state index contributed by atoms with van der Waals surface area (Å²) in [7, 11) is 0. The summed E-state index contributed by atoms with van der Waals surface area (Å²) < 4.78 is 0. The Balaban J connectivity index is 2.45. The molecule has 1 aliphatic heterocycles. The van der Waals surface area contributed by atoms with Crippen molar-refractivity contribution in [3.05, 3.63) is 23.9 Å². The Labute approximate surface area is 81.3 Å². The first-order valence-electron chi connectivity index (χ1n) is 5.10. The summed E-state index contributed by atoms with van der Waals surface area (Å²) >= 11 is 0. The molecule has 74 valence electrons. The maximum atomic E-state index is 3.36. The molecule has 0 atom stereocenters. The fourth-order valence-corrected chi connectivity index (χ4v) is 1.62. The molecule has 0 aliphatic carbocycles. The van der Waals surface area contributed by atoms with Crippen molar-refractivity contribution in [2.75, 3.05) is 26.2 Å². The van der Waals surface area contributed by atoms with E-state index in [1.54, 1.807) is 0 Å². The van der Waals surface area contributed by atoms with Gasteiger partial charge in [-0.2, -0.15) is 0 Å². The van der Waals surface area contributed by atoms with Crippen molar-refractivity contribution in [1.29, 1.82) is 0 Å². The van der Waals surface area contributed by atoms with Crippen LogP contribution in [0.15, 0.2) is 23.9 Å². The lowest BCUT2D eigenvalue weighted by molar-refractivity contribution is 0.294. The number of hydrogen-bond donors (Lipinski definition) is 1. The van der Waals surface area contributed by atoms with E-state index in [0.29, 0.717) is 0 Å². The summed E-state index contributed by atoms with van der Waals surface area (Å²) in [6.45, 7) is 8.74. The molecule has 0 unspecified atom stereocenters. The number of allylic oxidation sites excluding steroid dienone is 3. The van der Waals surface area contributed by atoms with E-state index >= 15 is 0 Å². The van der Waals surface area contributed by atoms with Gasteiger partial charge in [0, 0.05) is 38.3 Å². The van der Waals surface area contributed by atoms with Gasteiger partial charge in [-0.25, -0.2) is 0 Å². The second kappa shape index (κ2) is 5.81. The number of nitrogens with one attached hydrogen (secondary N) is 1. The standard InChI is InChI=1S/C11H20N2/c1-3-5-6-11(4-2)13-9-7-12-8-10-13/h3-5,12H,6-10H2,1-2H3/b5-3?,11-4+. The smallest absolute Gasteiger partial charge is 0.0300 e. The minimum absolute atomic E-state index is 1.08. The highest BCUT2D eigenvalue weighted by Crippen LogP contribution is 2.10. The topological polar surface area (TPSA) is 15.3 Å². The summed E-state index contributed by atoms with van der Waals surface area (Å²) in [5.41, 5.74) is 1.46. The zero-order valence-electron chi connectivity index (χ0n) is 8.71. The monoisotopic (exact) mass is 180 g/mol. The summed E-state index contributed by atoms with van der Waals surface area (Å²) in [4.78, 5) is 2.47. The van der Waals surface area contributed by atoms with Crippen LogP contribution in [-0.2, 0) is 0 Å². The van der Waals surface area contributed by atoms with Crippen molar-refractivity contribution in [2.45, 2.75) is 20.3 Å². The van der Waals surface area contributed by atoms with Crippen LogP contribution in [0.1, 0.15) is 20.3 Å². The zero-order valence-corrected chi connectivity index (χ0v) is 8.71. The lowest BCUT2D eigenvalue weighted by Gasteiger charge is -2.31. The van der Waals surface area contributed by atoms with Gasteiger partial charge in [-0.3, -0.25) is 0 Å². The van der Waals surface area contributed by atoms with Crippen molar-refractivity contribution in [3.8, 4) is 0 Å². The maximum Gasteiger partial charge on any atom is 0.0300 e. The Bertz CT molecular complexity index is 188. The van der Waals surface area contributed by atoms with Gasteiger partial charge in [-0.15, -0.1) is 0 Å². The molecule has 13 heavy (non-hydrogen) atoms. The third-order valence-corrected chi connectivity index (χ3v) is 2.42. The van der Waals surface area contributed by atoms with Crippen LogP contribution in [0.2, 0.25) is 0 Å².